The smallest absolute Gasteiger partial charge is 0.324 e. The van der Waals surface area contributed by atoms with Gasteiger partial charge in [0, 0.05) is 23.9 Å². The number of cyclic esters (lactones) is 2. The lowest BCUT2D eigenvalue weighted by Crippen LogP contribution is -2.31. The Labute approximate surface area is 167 Å². The van der Waals surface area contributed by atoms with Crippen molar-refractivity contribution in [2.45, 2.75) is 45.3 Å². The van der Waals surface area contributed by atoms with Crippen molar-refractivity contribution in [2.75, 3.05) is 11.9 Å². The first-order valence-electron chi connectivity index (χ1n) is 9.25. The van der Waals surface area contributed by atoms with E-state index in [0.29, 0.717) is 23.9 Å². The second-order valence-electron chi connectivity index (χ2n) is 7.42. The standard InChI is InChI=1S/C20H22N2O5S/c1-4-25-14-7-5-13(6-8-14)21-18-22-15(10-28-18)19(3)11-20(17(24)27-19)9-12(2)26-16(20)23/h5-8,10,12H,4,9,11H2,1-3H3,(H,21,22). The molecule has 0 amide bonds. The van der Waals surface area contributed by atoms with Gasteiger partial charge < -0.3 is 19.5 Å². The maximum absolute atomic E-state index is 12.6. The number of thiazole rings is 1. The summed E-state index contributed by atoms with van der Waals surface area (Å²) in [7, 11) is 0. The van der Waals surface area contributed by atoms with E-state index in [1.807, 2.05) is 36.6 Å². The summed E-state index contributed by atoms with van der Waals surface area (Å²) in [5, 5.41) is 5.78. The van der Waals surface area contributed by atoms with Gasteiger partial charge in [-0.3, -0.25) is 9.59 Å². The van der Waals surface area contributed by atoms with Gasteiger partial charge in [0.1, 0.15) is 11.9 Å². The molecule has 2 aliphatic heterocycles. The summed E-state index contributed by atoms with van der Waals surface area (Å²) in [5.41, 5.74) is -0.651. The molecule has 3 atom stereocenters. The molecule has 4 rings (SSSR count). The fourth-order valence-electron chi connectivity index (χ4n) is 3.85. The van der Waals surface area contributed by atoms with E-state index in [0.717, 1.165) is 11.4 Å². The topological polar surface area (TPSA) is 86.8 Å². The van der Waals surface area contributed by atoms with Crippen LogP contribution in [0.25, 0.3) is 0 Å². The van der Waals surface area contributed by atoms with Crippen LogP contribution in [0.1, 0.15) is 39.3 Å². The molecule has 0 bridgehead atoms. The number of hydrogen-bond acceptors (Lipinski definition) is 8. The minimum absolute atomic E-state index is 0.244. The Hall–Kier alpha value is -2.61. The highest BCUT2D eigenvalue weighted by atomic mass is 32.1. The number of aromatic nitrogens is 1. The van der Waals surface area contributed by atoms with Crippen LogP contribution < -0.4 is 10.1 Å². The number of ether oxygens (including phenoxy) is 3. The van der Waals surface area contributed by atoms with Gasteiger partial charge in [-0.15, -0.1) is 11.3 Å². The van der Waals surface area contributed by atoms with E-state index in [-0.39, 0.29) is 12.5 Å². The highest BCUT2D eigenvalue weighted by molar-refractivity contribution is 7.13. The number of nitrogens with one attached hydrogen (secondary N) is 1. The molecule has 2 aliphatic rings. The molecule has 1 N–H and O–H groups in total. The van der Waals surface area contributed by atoms with Crippen molar-refractivity contribution in [3.63, 3.8) is 0 Å². The van der Waals surface area contributed by atoms with Crippen molar-refractivity contribution in [3.05, 3.63) is 35.3 Å². The van der Waals surface area contributed by atoms with Crippen LogP contribution in [-0.2, 0) is 24.7 Å². The molecule has 0 aliphatic carbocycles. The second kappa shape index (κ2) is 6.77. The SMILES string of the molecule is CCOc1ccc(Nc2nc(C3(C)CC4(CC(C)OC4=O)C(=O)O3)cs2)cc1. The summed E-state index contributed by atoms with van der Waals surface area (Å²) in [5.74, 6) is -0.198. The molecular formula is C20H22N2O5S. The first-order valence-corrected chi connectivity index (χ1v) is 10.1. The van der Waals surface area contributed by atoms with Crippen molar-refractivity contribution < 1.29 is 23.8 Å². The van der Waals surface area contributed by atoms with E-state index < -0.39 is 23.0 Å². The van der Waals surface area contributed by atoms with E-state index in [1.165, 1.54) is 11.3 Å². The Morgan fingerprint density at radius 1 is 1.29 bits per heavy atom. The molecule has 8 heteroatoms. The third-order valence-corrected chi connectivity index (χ3v) is 5.90. The summed E-state index contributed by atoms with van der Waals surface area (Å²) < 4.78 is 16.3. The average Bonchev–Trinajstić information content (AvgIpc) is 3.29. The second-order valence-corrected chi connectivity index (χ2v) is 8.28. The number of anilines is 2. The Morgan fingerprint density at radius 3 is 2.68 bits per heavy atom. The molecule has 0 saturated carbocycles. The van der Waals surface area contributed by atoms with E-state index in [4.69, 9.17) is 14.2 Å². The van der Waals surface area contributed by atoms with Crippen LogP contribution in [0.5, 0.6) is 5.75 Å². The molecule has 2 aromatic rings. The molecule has 3 unspecified atom stereocenters. The van der Waals surface area contributed by atoms with Gasteiger partial charge >= 0.3 is 11.9 Å². The third kappa shape index (κ3) is 3.11. The van der Waals surface area contributed by atoms with Gasteiger partial charge in [-0.2, -0.15) is 0 Å². The van der Waals surface area contributed by atoms with Gasteiger partial charge in [-0.1, -0.05) is 0 Å². The zero-order chi connectivity index (χ0) is 19.9. The minimum Gasteiger partial charge on any atom is -0.494 e. The van der Waals surface area contributed by atoms with E-state index in [9.17, 15) is 9.59 Å². The van der Waals surface area contributed by atoms with Crippen molar-refractivity contribution in [1.82, 2.24) is 4.98 Å². The number of carbonyl (C=O) groups is 2. The summed E-state index contributed by atoms with van der Waals surface area (Å²) in [4.78, 5) is 29.4. The number of rotatable bonds is 5. The number of nitrogens with zero attached hydrogens (tertiary/aromatic N) is 1. The highest BCUT2D eigenvalue weighted by Crippen LogP contribution is 2.52. The van der Waals surface area contributed by atoms with Gasteiger partial charge in [0.25, 0.3) is 0 Å². The fourth-order valence-corrected chi connectivity index (χ4v) is 4.70. The first-order chi connectivity index (χ1) is 13.3. The summed E-state index contributed by atoms with van der Waals surface area (Å²) >= 11 is 1.42. The molecular weight excluding hydrogens is 380 g/mol. The summed E-state index contributed by atoms with van der Waals surface area (Å²) in [6.45, 7) is 6.15. The zero-order valence-corrected chi connectivity index (χ0v) is 16.8. The molecule has 7 nitrogen and oxygen atoms in total. The van der Waals surface area contributed by atoms with E-state index in [2.05, 4.69) is 10.3 Å². The predicted molar refractivity (Wildman–Crippen MR) is 104 cm³/mol. The average molecular weight is 402 g/mol. The van der Waals surface area contributed by atoms with Gasteiger partial charge in [-0.05, 0) is 45.0 Å². The molecule has 2 saturated heterocycles. The molecule has 0 radical (unpaired) electrons. The number of hydrogen-bond donors (Lipinski definition) is 1. The lowest BCUT2D eigenvalue weighted by Gasteiger charge is -2.20. The highest BCUT2D eigenvalue weighted by Gasteiger charge is 2.65. The normalized spacial score (nSPS) is 29.0. The lowest BCUT2D eigenvalue weighted by molar-refractivity contribution is -0.160. The number of carbonyl (C=O) groups excluding carboxylic acids is 2. The van der Waals surface area contributed by atoms with E-state index in [1.54, 1.807) is 13.8 Å². The monoisotopic (exact) mass is 402 g/mol. The summed E-state index contributed by atoms with van der Waals surface area (Å²) in [6, 6.07) is 7.59. The van der Waals surface area contributed by atoms with Crippen LogP contribution >= 0.6 is 11.3 Å². The Balaban J connectivity index is 1.51. The minimum atomic E-state index is -1.21. The van der Waals surface area contributed by atoms with Crippen molar-refractivity contribution in [2.24, 2.45) is 5.41 Å². The Kier molecular flexibility index (Phi) is 4.53. The van der Waals surface area contributed by atoms with Crippen LogP contribution in [-0.4, -0.2) is 29.6 Å². The lowest BCUT2D eigenvalue weighted by atomic mass is 9.78. The molecule has 2 fully saturated rings. The molecule has 1 spiro atoms. The number of esters is 2. The van der Waals surface area contributed by atoms with Crippen LogP contribution in [0, 0.1) is 5.41 Å². The molecule has 1 aromatic heterocycles. The third-order valence-electron chi connectivity index (χ3n) is 5.15. The van der Waals surface area contributed by atoms with E-state index >= 15 is 0 Å². The maximum Gasteiger partial charge on any atom is 0.324 e. The molecule has 148 valence electrons. The van der Waals surface area contributed by atoms with Crippen LogP contribution in [0.4, 0.5) is 10.8 Å². The van der Waals surface area contributed by atoms with Gasteiger partial charge in [-0.25, -0.2) is 4.98 Å². The predicted octanol–water partition coefficient (Wildman–Crippen LogP) is 3.77. The number of benzene rings is 1. The zero-order valence-electron chi connectivity index (χ0n) is 16.0. The van der Waals surface area contributed by atoms with Crippen LogP contribution in [0.2, 0.25) is 0 Å². The Bertz CT molecular complexity index is 912. The van der Waals surface area contributed by atoms with Gasteiger partial charge in [0.2, 0.25) is 0 Å². The molecule has 1 aromatic carbocycles. The van der Waals surface area contributed by atoms with Crippen LogP contribution in [0.15, 0.2) is 29.6 Å². The molecule has 3 heterocycles. The van der Waals surface area contributed by atoms with Gasteiger partial charge in [0.15, 0.2) is 16.1 Å². The summed E-state index contributed by atoms with van der Waals surface area (Å²) in [6.07, 6.45) is 0.311. The maximum atomic E-state index is 12.6. The van der Waals surface area contributed by atoms with Crippen molar-refractivity contribution in [1.29, 1.82) is 0 Å². The van der Waals surface area contributed by atoms with Crippen molar-refractivity contribution in [3.8, 4) is 5.75 Å². The Morgan fingerprint density at radius 2 is 2.04 bits per heavy atom. The first kappa shape index (κ1) is 18.7. The van der Waals surface area contributed by atoms with Crippen LogP contribution in [0.3, 0.4) is 0 Å². The van der Waals surface area contributed by atoms with Crippen molar-refractivity contribution >= 4 is 34.1 Å². The largest absolute Gasteiger partial charge is 0.494 e. The molecule has 28 heavy (non-hydrogen) atoms. The van der Waals surface area contributed by atoms with Gasteiger partial charge in [0.05, 0.1) is 12.3 Å². The quantitative estimate of drug-likeness (QED) is 0.602. The fraction of sp³-hybridized carbons (Fsp3) is 0.450.